The predicted molar refractivity (Wildman–Crippen MR) is 96.0 cm³/mol. The van der Waals surface area contributed by atoms with Gasteiger partial charge in [-0.1, -0.05) is 47.8 Å². The first-order chi connectivity index (χ1) is 10.1. The molecule has 0 aliphatic heterocycles. The van der Waals surface area contributed by atoms with Crippen molar-refractivity contribution in [3.8, 4) is 0 Å². The second kappa shape index (κ2) is 11.4. The van der Waals surface area contributed by atoms with Crippen LogP contribution >= 0.6 is 47.8 Å². The summed E-state index contributed by atoms with van der Waals surface area (Å²) in [6, 6.07) is 0. The van der Waals surface area contributed by atoms with Gasteiger partial charge in [0.05, 0.1) is 14.5 Å². The van der Waals surface area contributed by atoms with Gasteiger partial charge in [0.15, 0.2) is 0 Å². The second-order valence-corrected chi connectivity index (χ2v) is 8.13. The van der Waals surface area contributed by atoms with Gasteiger partial charge in [0.1, 0.15) is 0 Å². The van der Waals surface area contributed by atoms with Gasteiger partial charge in [0.2, 0.25) is 17.7 Å². The van der Waals surface area contributed by atoms with E-state index in [0.717, 1.165) is 0 Å². The van der Waals surface area contributed by atoms with Crippen molar-refractivity contribution in [2.24, 2.45) is 17.2 Å². The Morgan fingerprint density at radius 3 is 1.09 bits per heavy atom. The summed E-state index contributed by atoms with van der Waals surface area (Å²) in [7, 11) is 0. The average Bonchev–Trinajstić information content (AvgIpc) is 2.44. The van der Waals surface area contributed by atoms with E-state index in [0.29, 0.717) is 38.9 Å². The van der Waals surface area contributed by atoms with Crippen LogP contribution in [0.1, 0.15) is 19.3 Å². The quantitative estimate of drug-likeness (QED) is 0.325. The van der Waals surface area contributed by atoms with Gasteiger partial charge in [-0.25, -0.2) is 0 Å². The summed E-state index contributed by atoms with van der Waals surface area (Å²) in [5, 5.41) is 0. The topological polar surface area (TPSA) is 133 Å². The number of hydrogen-bond acceptors (Lipinski definition) is 4. The minimum Gasteiger partial charge on any atom is -0.369 e. The number of amides is 3. The molecule has 0 aliphatic rings. The van der Waals surface area contributed by atoms with E-state index in [1.165, 1.54) is 0 Å². The van der Waals surface area contributed by atoms with Gasteiger partial charge in [0, 0.05) is 0 Å². The molecule has 7 nitrogen and oxygen atoms in total. The van der Waals surface area contributed by atoms with Crippen LogP contribution in [0.2, 0.25) is 0 Å². The normalized spacial score (nSPS) is 15.3. The summed E-state index contributed by atoms with van der Waals surface area (Å²) >= 11 is 9.63. The van der Waals surface area contributed by atoms with E-state index < -0.39 is 32.2 Å². The molecule has 0 aromatic heterocycles. The fourth-order valence-corrected chi connectivity index (χ4v) is 2.26. The summed E-state index contributed by atoms with van der Waals surface area (Å²) in [6.45, 7) is 1.78. The molecule has 0 saturated heterocycles. The average molecular weight is 509 g/mol. The number of halogens is 3. The van der Waals surface area contributed by atoms with Crippen molar-refractivity contribution in [1.29, 1.82) is 0 Å². The van der Waals surface area contributed by atoms with Gasteiger partial charge < -0.3 is 22.1 Å². The number of nitrogens with two attached hydrogens (primary N) is 3. The van der Waals surface area contributed by atoms with Crippen molar-refractivity contribution in [3.63, 3.8) is 0 Å². The lowest BCUT2D eigenvalue weighted by Gasteiger charge is -2.24. The van der Waals surface area contributed by atoms with Crippen LogP contribution in [-0.2, 0) is 14.4 Å². The van der Waals surface area contributed by atoms with Crippen molar-refractivity contribution >= 4 is 65.5 Å². The molecule has 22 heavy (non-hydrogen) atoms. The van der Waals surface area contributed by atoms with Crippen LogP contribution in [0.4, 0.5) is 0 Å². The van der Waals surface area contributed by atoms with Crippen molar-refractivity contribution in [3.05, 3.63) is 0 Å². The molecule has 10 heteroatoms. The molecule has 0 heterocycles. The number of rotatable bonds is 12. The lowest BCUT2D eigenvalue weighted by atomic mass is 10.2. The van der Waals surface area contributed by atoms with E-state index >= 15 is 0 Å². The van der Waals surface area contributed by atoms with Crippen molar-refractivity contribution in [2.75, 3.05) is 19.6 Å². The molecule has 0 saturated carbocycles. The summed E-state index contributed by atoms with van der Waals surface area (Å²) < 4.78 is 0. The highest BCUT2D eigenvalue weighted by atomic mass is 79.9. The monoisotopic (exact) mass is 506 g/mol. The van der Waals surface area contributed by atoms with E-state index in [-0.39, 0.29) is 0 Å². The molecule has 128 valence electrons. The van der Waals surface area contributed by atoms with E-state index in [2.05, 4.69) is 47.8 Å². The van der Waals surface area contributed by atoms with Crippen LogP contribution in [0.3, 0.4) is 0 Å². The first-order valence-corrected chi connectivity index (χ1v) is 9.42. The fourth-order valence-electron chi connectivity index (χ4n) is 1.65. The molecular formula is C12H21Br3N4O3. The standard InChI is InChI=1S/C12H21Br3N4O3/c13-7(10(16)20)1-4-19(5-2-8(14)11(17)21)6-3-9(15)12(18)22/h7-9H,1-6H2,(H2,16,20)(H2,17,21)(H2,18,22). The number of alkyl halides is 3. The zero-order valence-electron chi connectivity index (χ0n) is 12.0. The van der Waals surface area contributed by atoms with Gasteiger partial charge >= 0.3 is 0 Å². The molecule has 0 rings (SSSR count). The molecule has 0 radical (unpaired) electrons. The maximum Gasteiger partial charge on any atom is 0.231 e. The summed E-state index contributed by atoms with van der Waals surface area (Å²) in [6.07, 6.45) is 1.59. The van der Waals surface area contributed by atoms with Crippen LogP contribution < -0.4 is 17.2 Å². The first kappa shape index (κ1) is 21.8. The van der Waals surface area contributed by atoms with Crippen molar-refractivity contribution in [2.45, 2.75) is 33.7 Å². The van der Waals surface area contributed by atoms with Gasteiger partial charge in [0.25, 0.3) is 0 Å². The van der Waals surface area contributed by atoms with Gasteiger partial charge in [-0.15, -0.1) is 0 Å². The lowest BCUT2D eigenvalue weighted by Crippen LogP contribution is -2.36. The molecule has 3 amide bonds. The Labute approximate surface area is 155 Å². The summed E-state index contributed by atoms with van der Waals surface area (Å²) in [5.74, 6) is -1.28. The van der Waals surface area contributed by atoms with Gasteiger partial charge in [-0.05, 0) is 38.9 Å². The van der Waals surface area contributed by atoms with Crippen LogP contribution in [0, 0.1) is 0 Å². The molecular weight excluding hydrogens is 488 g/mol. The zero-order valence-corrected chi connectivity index (χ0v) is 16.8. The Balaban J connectivity index is 4.44. The molecule has 0 aromatic rings. The predicted octanol–water partition coefficient (Wildman–Crippen LogP) is 0.205. The third kappa shape index (κ3) is 9.75. The van der Waals surface area contributed by atoms with E-state index in [9.17, 15) is 14.4 Å². The number of hydrogen-bond donors (Lipinski definition) is 3. The highest BCUT2D eigenvalue weighted by molar-refractivity contribution is 9.10. The van der Waals surface area contributed by atoms with E-state index in [1.807, 2.05) is 4.90 Å². The minimum absolute atomic E-state index is 0.415. The van der Waals surface area contributed by atoms with Crippen LogP contribution in [0.5, 0.6) is 0 Å². The molecule has 3 unspecified atom stereocenters. The van der Waals surface area contributed by atoms with Crippen molar-refractivity contribution in [1.82, 2.24) is 4.90 Å². The molecule has 0 aliphatic carbocycles. The number of carbonyl (C=O) groups excluding carboxylic acids is 3. The van der Waals surface area contributed by atoms with Crippen molar-refractivity contribution < 1.29 is 14.4 Å². The maximum atomic E-state index is 11.0. The van der Waals surface area contributed by atoms with Crippen LogP contribution in [0.25, 0.3) is 0 Å². The second-order valence-electron chi connectivity index (χ2n) is 4.82. The minimum atomic E-state index is -0.425. The highest BCUT2D eigenvalue weighted by Gasteiger charge is 2.18. The molecule has 0 aromatic carbocycles. The molecule has 0 spiro atoms. The fraction of sp³-hybridized carbons (Fsp3) is 0.750. The largest absolute Gasteiger partial charge is 0.369 e. The Kier molecular flexibility index (Phi) is 11.3. The van der Waals surface area contributed by atoms with Gasteiger partial charge in [-0.3, -0.25) is 14.4 Å². The Morgan fingerprint density at radius 1 is 0.682 bits per heavy atom. The zero-order chi connectivity index (χ0) is 17.3. The Hall–Kier alpha value is -0.190. The molecule has 6 N–H and O–H groups in total. The third-order valence-electron chi connectivity index (χ3n) is 3.02. The highest BCUT2D eigenvalue weighted by Crippen LogP contribution is 2.12. The molecule has 0 bridgehead atoms. The third-order valence-corrected chi connectivity index (χ3v) is 5.75. The van der Waals surface area contributed by atoms with E-state index in [4.69, 9.17) is 17.2 Å². The number of carbonyl (C=O) groups is 3. The Bertz CT molecular complexity index is 341. The SMILES string of the molecule is NC(=O)C(Br)CCN(CCC(Br)C(N)=O)CCC(Br)C(N)=O. The first-order valence-electron chi connectivity index (χ1n) is 6.67. The van der Waals surface area contributed by atoms with Crippen LogP contribution in [-0.4, -0.2) is 56.7 Å². The van der Waals surface area contributed by atoms with Crippen LogP contribution in [0.15, 0.2) is 0 Å². The molecule has 3 atom stereocenters. The lowest BCUT2D eigenvalue weighted by molar-refractivity contribution is -0.118. The molecule has 0 fully saturated rings. The number of primary amides is 3. The number of nitrogens with zero attached hydrogens (tertiary/aromatic N) is 1. The summed E-state index contributed by atoms with van der Waals surface area (Å²) in [5.41, 5.74) is 15.6. The maximum absolute atomic E-state index is 11.0. The summed E-state index contributed by atoms with van der Waals surface area (Å²) in [4.78, 5) is 33.9. The van der Waals surface area contributed by atoms with E-state index in [1.54, 1.807) is 0 Å². The van der Waals surface area contributed by atoms with Gasteiger partial charge in [-0.2, -0.15) is 0 Å². The smallest absolute Gasteiger partial charge is 0.231 e. The Morgan fingerprint density at radius 2 is 0.909 bits per heavy atom.